The van der Waals surface area contributed by atoms with E-state index in [1.807, 2.05) is 32.8 Å². The van der Waals surface area contributed by atoms with Crippen LogP contribution in [-0.4, -0.2) is 35.9 Å². The van der Waals surface area contributed by atoms with Crippen molar-refractivity contribution in [2.75, 3.05) is 20.1 Å². The molecule has 14 heavy (non-hydrogen) atoms. The molecule has 1 aliphatic heterocycles. The molecule has 0 spiro atoms. The van der Waals surface area contributed by atoms with Crippen molar-refractivity contribution in [3.8, 4) is 0 Å². The van der Waals surface area contributed by atoms with Crippen LogP contribution in [0.3, 0.4) is 0 Å². The van der Waals surface area contributed by atoms with Gasteiger partial charge in [-0.15, -0.1) is 0 Å². The quantitative estimate of drug-likeness (QED) is 0.644. The van der Waals surface area contributed by atoms with Gasteiger partial charge in [0.1, 0.15) is 0 Å². The summed E-state index contributed by atoms with van der Waals surface area (Å²) in [5.74, 6) is 0.308. The van der Waals surface area contributed by atoms with Gasteiger partial charge in [0.15, 0.2) is 5.78 Å². The molecule has 1 rings (SSSR count). The first kappa shape index (κ1) is 13.2. The predicted molar refractivity (Wildman–Crippen MR) is 59.7 cm³/mol. The lowest BCUT2D eigenvalue weighted by atomic mass is 10.2. The fourth-order valence-electron chi connectivity index (χ4n) is 1.42. The molecule has 0 aromatic rings. The Kier molecular flexibility index (Phi) is 6.21. The summed E-state index contributed by atoms with van der Waals surface area (Å²) in [7, 11) is 1.99. The highest BCUT2D eigenvalue weighted by Gasteiger charge is 2.18. The number of carbonyl (C=O) groups excluding carboxylic acids is 1. The Hall–Kier alpha value is -0.830. The van der Waals surface area contributed by atoms with Crippen LogP contribution >= 0.6 is 0 Å². The molecule has 0 amide bonds. The molecule has 0 bridgehead atoms. The molecule has 0 unspecified atom stereocenters. The standard InChI is InChI=1S/C9H16N2O.C2H6/c1-8(2)11-7-9(12)5-4-6-10(11)3;1-2/h1,4-7H2,2-3H3;1-2H3. The maximum atomic E-state index is 11.2. The molecule has 1 aliphatic rings. The van der Waals surface area contributed by atoms with Gasteiger partial charge in [-0.3, -0.25) is 4.79 Å². The maximum Gasteiger partial charge on any atom is 0.153 e. The number of carbonyl (C=O) groups is 1. The molecule has 3 nitrogen and oxygen atoms in total. The molecule has 82 valence electrons. The van der Waals surface area contributed by atoms with Crippen LogP contribution in [0.2, 0.25) is 0 Å². The van der Waals surface area contributed by atoms with E-state index in [0.29, 0.717) is 18.7 Å². The van der Waals surface area contributed by atoms with E-state index in [2.05, 4.69) is 11.6 Å². The number of hydrazine groups is 1. The molecular formula is C11H22N2O. The zero-order valence-corrected chi connectivity index (χ0v) is 9.84. The Balaban J connectivity index is 0.000000791. The summed E-state index contributed by atoms with van der Waals surface area (Å²) in [5, 5.41) is 4.00. The fourth-order valence-corrected chi connectivity index (χ4v) is 1.42. The topological polar surface area (TPSA) is 23.6 Å². The Morgan fingerprint density at radius 2 is 2.00 bits per heavy atom. The third-order valence-corrected chi connectivity index (χ3v) is 2.12. The van der Waals surface area contributed by atoms with Gasteiger partial charge in [-0.1, -0.05) is 20.4 Å². The lowest BCUT2D eigenvalue weighted by Gasteiger charge is -2.31. The SMILES string of the molecule is C=C(C)N1CC(=O)CCCN1C.CC. The lowest BCUT2D eigenvalue weighted by molar-refractivity contribution is -0.121. The molecule has 0 radical (unpaired) electrons. The largest absolute Gasteiger partial charge is 0.304 e. The molecule has 0 aliphatic carbocycles. The van der Waals surface area contributed by atoms with Crippen LogP contribution in [0.15, 0.2) is 12.3 Å². The van der Waals surface area contributed by atoms with Gasteiger partial charge < -0.3 is 5.01 Å². The Morgan fingerprint density at radius 3 is 2.50 bits per heavy atom. The average molecular weight is 198 g/mol. The van der Waals surface area contributed by atoms with Crippen molar-refractivity contribution in [1.29, 1.82) is 0 Å². The number of hydrogen-bond donors (Lipinski definition) is 0. The van der Waals surface area contributed by atoms with Gasteiger partial charge in [0.05, 0.1) is 6.54 Å². The van der Waals surface area contributed by atoms with Gasteiger partial charge in [-0.05, 0) is 13.3 Å². The van der Waals surface area contributed by atoms with Crippen molar-refractivity contribution in [1.82, 2.24) is 10.0 Å². The minimum absolute atomic E-state index is 0.308. The van der Waals surface area contributed by atoms with Crippen LogP contribution in [0.1, 0.15) is 33.6 Å². The summed E-state index contributed by atoms with van der Waals surface area (Å²) in [5.41, 5.74) is 0.938. The predicted octanol–water partition coefficient (Wildman–Crippen LogP) is 2.06. The van der Waals surface area contributed by atoms with Crippen molar-refractivity contribution >= 4 is 5.78 Å². The summed E-state index contributed by atoms with van der Waals surface area (Å²) < 4.78 is 0. The van der Waals surface area contributed by atoms with Gasteiger partial charge in [0.2, 0.25) is 0 Å². The Morgan fingerprint density at radius 1 is 1.43 bits per heavy atom. The van der Waals surface area contributed by atoms with Crippen LogP contribution in [0.25, 0.3) is 0 Å². The van der Waals surface area contributed by atoms with Crippen LogP contribution in [0, 0.1) is 0 Å². The monoisotopic (exact) mass is 198 g/mol. The fraction of sp³-hybridized carbons (Fsp3) is 0.727. The molecule has 0 aromatic heterocycles. The molecule has 0 atom stereocenters. The zero-order chi connectivity index (χ0) is 11.1. The average Bonchev–Trinajstić information content (AvgIpc) is 2.31. The van der Waals surface area contributed by atoms with Gasteiger partial charge in [0.25, 0.3) is 0 Å². The molecule has 0 N–H and O–H groups in total. The van der Waals surface area contributed by atoms with Gasteiger partial charge >= 0.3 is 0 Å². The van der Waals surface area contributed by atoms with Gasteiger partial charge in [0, 0.05) is 25.7 Å². The number of Topliss-reactive ketones (excluding diaryl/α,β-unsaturated/α-hetero) is 1. The van der Waals surface area contributed by atoms with Gasteiger partial charge in [-0.25, -0.2) is 5.01 Å². The molecule has 3 heteroatoms. The number of rotatable bonds is 1. The third kappa shape index (κ3) is 3.92. The van der Waals surface area contributed by atoms with E-state index in [9.17, 15) is 4.79 Å². The smallest absolute Gasteiger partial charge is 0.153 e. The van der Waals surface area contributed by atoms with E-state index in [1.165, 1.54) is 0 Å². The molecular weight excluding hydrogens is 176 g/mol. The van der Waals surface area contributed by atoms with Crippen LogP contribution in [-0.2, 0) is 4.79 Å². The number of nitrogens with zero attached hydrogens (tertiary/aromatic N) is 2. The zero-order valence-electron chi connectivity index (χ0n) is 9.84. The van der Waals surface area contributed by atoms with E-state index in [4.69, 9.17) is 0 Å². The van der Waals surface area contributed by atoms with Crippen LogP contribution in [0.4, 0.5) is 0 Å². The highest BCUT2D eigenvalue weighted by Crippen LogP contribution is 2.10. The van der Waals surface area contributed by atoms with E-state index in [1.54, 1.807) is 0 Å². The first-order valence-electron chi connectivity index (χ1n) is 5.27. The summed E-state index contributed by atoms with van der Waals surface area (Å²) in [6, 6.07) is 0. The molecule has 1 saturated heterocycles. The number of allylic oxidation sites excluding steroid dienone is 1. The first-order chi connectivity index (χ1) is 6.61. The highest BCUT2D eigenvalue weighted by molar-refractivity contribution is 5.80. The molecule has 1 fully saturated rings. The van der Waals surface area contributed by atoms with E-state index < -0.39 is 0 Å². The second-order valence-electron chi connectivity index (χ2n) is 3.32. The Labute approximate surface area is 87.4 Å². The summed E-state index contributed by atoms with van der Waals surface area (Å²) in [6.45, 7) is 11.2. The van der Waals surface area contributed by atoms with Crippen molar-refractivity contribution in [3.05, 3.63) is 12.3 Å². The molecule has 0 aromatic carbocycles. The maximum absolute atomic E-state index is 11.2. The van der Waals surface area contributed by atoms with E-state index in [0.717, 1.165) is 18.7 Å². The first-order valence-corrected chi connectivity index (χ1v) is 5.27. The highest BCUT2D eigenvalue weighted by atomic mass is 16.1. The minimum atomic E-state index is 0.308. The Bertz CT molecular complexity index is 199. The molecule has 1 heterocycles. The van der Waals surface area contributed by atoms with Crippen molar-refractivity contribution in [2.24, 2.45) is 0 Å². The van der Waals surface area contributed by atoms with Crippen molar-refractivity contribution in [2.45, 2.75) is 33.6 Å². The second kappa shape index (κ2) is 6.60. The van der Waals surface area contributed by atoms with Crippen molar-refractivity contribution in [3.63, 3.8) is 0 Å². The third-order valence-electron chi connectivity index (χ3n) is 2.12. The summed E-state index contributed by atoms with van der Waals surface area (Å²) >= 11 is 0. The van der Waals surface area contributed by atoms with Crippen molar-refractivity contribution < 1.29 is 4.79 Å². The second-order valence-corrected chi connectivity index (χ2v) is 3.32. The van der Waals surface area contributed by atoms with Crippen LogP contribution in [0.5, 0.6) is 0 Å². The van der Waals surface area contributed by atoms with Crippen LogP contribution < -0.4 is 0 Å². The normalized spacial score (nSPS) is 18.3. The minimum Gasteiger partial charge on any atom is -0.304 e. The summed E-state index contributed by atoms with van der Waals surface area (Å²) in [4.78, 5) is 11.2. The molecule has 0 saturated carbocycles. The lowest BCUT2D eigenvalue weighted by Crippen LogP contribution is -2.39. The van der Waals surface area contributed by atoms with E-state index >= 15 is 0 Å². The number of hydrogen-bond acceptors (Lipinski definition) is 3. The number of ketones is 1. The van der Waals surface area contributed by atoms with Gasteiger partial charge in [-0.2, -0.15) is 0 Å². The van der Waals surface area contributed by atoms with E-state index in [-0.39, 0.29) is 0 Å². The summed E-state index contributed by atoms with van der Waals surface area (Å²) in [6.07, 6.45) is 1.66.